The Morgan fingerprint density at radius 3 is 2.50 bits per heavy atom. The van der Waals surface area contributed by atoms with Gasteiger partial charge in [0.2, 0.25) is 0 Å². The van der Waals surface area contributed by atoms with E-state index in [1.54, 1.807) is 13.2 Å². The molecule has 0 atom stereocenters. The van der Waals surface area contributed by atoms with E-state index >= 15 is 0 Å². The van der Waals surface area contributed by atoms with Gasteiger partial charge in [-0.25, -0.2) is 4.98 Å². The Balaban J connectivity index is 1.39. The third-order valence-electron chi connectivity index (χ3n) is 5.76. The number of hydrogen-bond acceptors (Lipinski definition) is 6. The average molecular weight is 430 g/mol. The maximum atomic E-state index is 12.8. The van der Waals surface area contributed by atoms with Crippen molar-refractivity contribution in [3.05, 3.63) is 47.2 Å². The van der Waals surface area contributed by atoms with Crippen molar-refractivity contribution >= 4 is 23.6 Å². The summed E-state index contributed by atoms with van der Waals surface area (Å²) in [5, 5.41) is 0. The molecule has 4 rings (SSSR count). The highest BCUT2D eigenvalue weighted by molar-refractivity contribution is 7.99. The summed E-state index contributed by atoms with van der Waals surface area (Å²) in [5.74, 6) is 3.92. The fourth-order valence-electron chi connectivity index (χ4n) is 3.97. The summed E-state index contributed by atoms with van der Waals surface area (Å²) in [7, 11) is 1.59. The maximum absolute atomic E-state index is 12.8. The molecule has 0 bridgehead atoms. The minimum absolute atomic E-state index is 0.00905. The average Bonchev–Trinajstić information content (AvgIpc) is 3.20. The lowest BCUT2D eigenvalue weighted by atomic mass is 9.96. The lowest BCUT2D eigenvalue weighted by Crippen LogP contribution is -2.38. The predicted molar refractivity (Wildman–Crippen MR) is 115 cm³/mol. The summed E-state index contributed by atoms with van der Waals surface area (Å²) < 4.78 is 11.1. The van der Waals surface area contributed by atoms with Gasteiger partial charge in [-0.05, 0) is 38.0 Å². The van der Waals surface area contributed by atoms with Crippen LogP contribution in [0.2, 0.25) is 0 Å². The summed E-state index contributed by atoms with van der Waals surface area (Å²) in [4.78, 5) is 33.9. The number of carbonyl (C=O) groups is 2. The second-order valence-electron chi connectivity index (χ2n) is 7.66. The number of piperidine rings is 1. The number of amides is 2. The third kappa shape index (κ3) is 4.33. The number of benzene rings is 1. The van der Waals surface area contributed by atoms with Crippen molar-refractivity contribution in [2.75, 3.05) is 44.8 Å². The Kier molecular flexibility index (Phi) is 6.32. The summed E-state index contributed by atoms with van der Waals surface area (Å²) in [5.41, 5.74) is 1.07. The van der Waals surface area contributed by atoms with Crippen molar-refractivity contribution in [1.29, 1.82) is 0 Å². The number of carbonyl (C=O) groups excluding carboxylic acids is 2. The number of likely N-dealkylation sites (tertiary alicyclic amines) is 1. The molecule has 2 fully saturated rings. The van der Waals surface area contributed by atoms with Crippen LogP contribution in [0.3, 0.4) is 0 Å². The Hall–Kier alpha value is -2.48. The van der Waals surface area contributed by atoms with Gasteiger partial charge >= 0.3 is 0 Å². The van der Waals surface area contributed by atoms with E-state index in [-0.39, 0.29) is 17.7 Å². The minimum Gasteiger partial charge on any atom is -0.497 e. The van der Waals surface area contributed by atoms with E-state index in [1.807, 2.05) is 46.7 Å². The standard InChI is InChI=1S/C22H27N3O4S/c1-15-19(22(27)25-10-12-30-13-11-25)23-20(29-15)16-6-8-24(9-7-16)21(26)17-4-3-5-18(14-17)28-2/h3-5,14,16H,6-13H2,1-2H3. The molecule has 0 aliphatic carbocycles. The van der Waals surface area contributed by atoms with Crippen LogP contribution in [-0.2, 0) is 0 Å². The number of hydrogen-bond donors (Lipinski definition) is 0. The highest BCUT2D eigenvalue weighted by atomic mass is 32.2. The lowest BCUT2D eigenvalue weighted by molar-refractivity contribution is 0.0705. The summed E-state index contributed by atoms with van der Waals surface area (Å²) >= 11 is 1.87. The molecular weight excluding hydrogens is 402 g/mol. The van der Waals surface area contributed by atoms with E-state index in [0.29, 0.717) is 41.7 Å². The first-order valence-electron chi connectivity index (χ1n) is 10.3. The first-order valence-corrected chi connectivity index (χ1v) is 11.5. The summed E-state index contributed by atoms with van der Waals surface area (Å²) in [6.45, 7) is 4.60. The van der Waals surface area contributed by atoms with Crippen LogP contribution in [0.5, 0.6) is 5.75 Å². The molecular formula is C22H27N3O4S. The smallest absolute Gasteiger partial charge is 0.276 e. The predicted octanol–water partition coefficient (Wildman–Crippen LogP) is 3.20. The van der Waals surface area contributed by atoms with Gasteiger partial charge < -0.3 is 19.0 Å². The first-order chi connectivity index (χ1) is 14.6. The van der Waals surface area contributed by atoms with E-state index in [2.05, 4.69) is 4.98 Å². The van der Waals surface area contributed by atoms with Crippen molar-refractivity contribution in [3.63, 3.8) is 0 Å². The number of rotatable bonds is 4. The van der Waals surface area contributed by atoms with Gasteiger partial charge in [-0.3, -0.25) is 9.59 Å². The van der Waals surface area contributed by atoms with E-state index in [9.17, 15) is 9.59 Å². The van der Waals surface area contributed by atoms with Crippen LogP contribution >= 0.6 is 11.8 Å². The Morgan fingerprint density at radius 1 is 1.10 bits per heavy atom. The van der Waals surface area contributed by atoms with Crippen LogP contribution in [0.1, 0.15) is 51.3 Å². The number of nitrogens with zero attached hydrogens (tertiary/aromatic N) is 3. The molecule has 30 heavy (non-hydrogen) atoms. The molecule has 3 heterocycles. The summed E-state index contributed by atoms with van der Waals surface area (Å²) in [6, 6.07) is 7.23. The Morgan fingerprint density at radius 2 is 1.80 bits per heavy atom. The topological polar surface area (TPSA) is 75.9 Å². The molecule has 0 saturated carbocycles. The van der Waals surface area contributed by atoms with Crippen LogP contribution in [0, 0.1) is 6.92 Å². The van der Waals surface area contributed by atoms with Gasteiger partial charge in [-0.15, -0.1) is 0 Å². The van der Waals surface area contributed by atoms with E-state index in [4.69, 9.17) is 9.15 Å². The number of aromatic nitrogens is 1. The molecule has 0 spiro atoms. The monoisotopic (exact) mass is 429 g/mol. The number of oxazole rings is 1. The van der Waals surface area contributed by atoms with E-state index in [0.717, 1.165) is 37.4 Å². The minimum atomic E-state index is -0.0339. The molecule has 2 saturated heterocycles. The maximum Gasteiger partial charge on any atom is 0.276 e. The normalized spacial score (nSPS) is 17.8. The molecule has 1 aromatic heterocycles. The van der Waals surface area contributed by atoms with E-state index in [1.165, 1.54) is 0 Å². The van der Waals surface area contributed by atoms with Gasteiger partial charge in [-0.1, -0.05) is 6.07 Å². The first kappa shape index (κ1) is 20.8. The highest BCUT2D eigenvalue weighted by Gasteiger charge is 2.30. The zero-order valence-electron chi connectivity index (χ0n) is 17.4. The number of ether oxygens (including phenoxy) is 1. The van der Waals surface area contributed by atoms with Crippen molar-refractivity contribution in [3.8, 4) is 5.75 Å². The third-order valence-corrected chi connectivity index (χ3v) is 6.70. The second kappa shape index (κ2) is 9.12. The molecule has 0 N–H and O–H groups in total. The quantitative estimate of drug-likeness (QED) is 0.743. The molecule has 2 amide bonds. The lowest BCUT2D eigenvalue weighted by Gasteiger charge is -2.30. The molecule has 8 heteroatoms. The Labute approximate surface area is 180 Å². The fourth-order valence-corrected chi connectivity index (χ4v) is 4.88. The molecule has 1 aromatic carbocycles. The highest BCUT2D eigenvalue weighted by Crippen LogP contribution is 2.30. The molecule has 0 radical (unpaired) electrons. The fraction of sp³-hybridized carbons (Fsp3) is 0.500. The van der Waals surface area contributed by atoms with Crippen molar-refractivity contribution in [2.45, 2.75) is 25.7 Å². The number of methoxy groups -OCH3 is 1. The largest absolute Gasteiger partial charge is 0.497 e. The van der Waals surface area contributed by atoms with Crippen LogP contribution in [0.4, 0.5) is 0 Å². The summed E-state index contributed by atoms with van der Waals surface area (Å²) in [6.07, 6.45) is 1.54. The van der Waals surface area contributed by atoms with Crippen molar-refractivity contribution < 1.29 is 18.7 Å². The van der Waals surface area contributed by atoms with Gasteiger partial charge in [0.1, 0.15) is 11.5 Å². The van der Waals surface area contributed by atoms with Crippen molar-refractivity contribution in [1.82, 2.24) is 14.8 Å². The van der Waals surface area contributed by atoms with Gasteiger partial charge in [0, 0.05) is 49.2 Å². The molecule has 2 aliphatic rings. The molecule has 0 unspecified atom stereocenters. The van der Waals surface area contributed by atoms with Gasteiger partial charge in [0.25, 0.3) is 11.8 Å². The molecule has 2 aromatic rings. The number of aryl methyl sites for hydroxylation is 1. The van der Waals surface area contributed by atoms with Gasteiger partial charge in [0.15, 0.2) is 11.6 Å². The number of thioether (sulfide) groups is 1. The Bertz CT molecular complexity index is 915. The van der Waals surface area contributed by atoms with E-state index < -0.39 is 0 Å². The molecule has 160 valence electrons. The molecule has 2 aliphatic heterocycles. The second-order valence-corrected chi connectivity index (χ2v) is 8.88. The van der Waals surface area contributed by atoms with Crippen LogP contribution in [0.15, 0.2) is 28.7 Å². The zero-order valence-corrected chi connectivity index (χ0v) is 18.2. The zero-order chi connectivity index (χ0) is 21.1. The van der Waals surface area contributed by atoms with Crippen LogP contribution in [-0.4, -0.2) is 71.4 Å². The van der Waals surface area contributed by atoms with Gasteiger partial charge in [-0.2, -0.15) is 11.8 Å². The SMILES string of the molecule is COc1cccc(C(=O)N2CCC(c3nc(C(=O)N4CCSCC4)c(C)o3)CC2)c1. The van der Waals surface area contributed by atoms with Crippen LogP contribution in [0.25, 0.3) is 0 Å². The van der Waals surface area contributed by atoms with Crippen molar-refractivity contribution in [2.24, 2.45) is 0 Å². The van der Waals surface area contributed by atoms with Crippen LogP contribution < -0.4 is 4.74 Å². The molecule has 7 nitrogen and oxygen atoms in total. The van der Waals surface area contributed by atoms with Gasteiger partial charge in [0.05, 0.1) is 7.11 Å².